The van der Waals surface area contributed by atoms with E-state index in [4.69, 9.17) is 21.1 Å². The van der Waals surface area contributed by atoms with Gasteiger partial charge in [-0.1, -0.05) is 18.0 Å². The first-order valence-corrected chi connectivity index (χ1v) is 10.9. The summed E-state index contributed by atoms with van der Waals surface area (Å²) in [5.41, 5.74) is 0.307. The number of hydrogen-bond acceptors (Lipinski definition) is 6. The van der Waals surface area contributed by atoms with Crippen LogP contribution in [-0.4, -0.2) is 55.5 Å². The van der Waals surface area contributed by atoms with Gasteiger partial charge in [-0.05, 0) is 12.8 Å². The lowest BCUT2D eigenvalue weighted by molar-refractivity contribution is -0.116. The number of methoxy groups -OCH3 is 2. The highest BCUT2D eigenvalue weighted by Gasteiger charge is 2.28. The summed E-state index contributed by atoms with van der Waals surface area (Å²) in [6.45, 7) is 0.852. The van der Waals surface area contributed by atoms with Crippen molar-refractivity contribution < 1.29 is 22.7 Å². The van der Waals surface area contributed by atoms with Gasteiger partial charge in [-0.15, -0.1) is 0 Å². The summed E-state index contributed by atoms with van der Waals surface area (Å²) in [7, 11) is -0.696. The van der Waals surface area contributed by atoms with Gasteiger partial charge in [0.1, 0.15) is 23.7 Å². The molecule has 0 saturated carbocycles. The Morgan fingerprint density at radius 2 is 1.93 bits per heavy atom. The van der Waals surface area contributed by atoms with Crippen LogP contribution in [0.3, 0.4) is 0 Å². The Bertz CT molecular complexity index is 986. The van der Waals surface area contributed by atoms with Crippen molar-refractivity contribution in [2.24, 2.45) is 0 Å². The van der Waals surface area contributed by atoms with Crippen LogP contribution in [-0.2, 0) is 21.4 Å². The van der Waals surface area contributed by atoms with Crippen molar-refractivity contribution in [2.45, 2.75) is 30.8 Å². The van der Waals surface area contributed by atoms with Crippen molar-refractivity contribution >= 4 is 33.2 Å². The van der Waals surface area contributed by atoms with Crippen molar-refractivity contribution in [2.75, 3.05) is 32.6 Å². The maximum Gasteiger partial charge on any atom is 0.262 e. The Hall–Kier alpha value is -2.30. The van der Waals surface area contributed by atoms with Gasteiger partial charge in [-0.2, -0.15) is 4.31 Å². The normalized spacial score (nSPS) is 15.1. The molecule has 1 aliphatic rings. The molecule has 1 aromatic carbocycles. The molecule has 2 heterocycles. The van der Waals surface area contributed by atoms with Crippen LogP contribution in [0.5, 0.6) is 11.5 Å². The van der Waals surface area contributed by atoms with Crippen LogP contribution in [0.1, 0.15) is 19.3 Å². The number of rotatable bonds is 7. The van der Waals surface area contributed by atoms with E-state index in [1.54, 1.807) is 12.1 Å². The first-order chi connectivity index (χ1) is 13.8. The predicted molar refractivity (Wildman–Crippen MR) is 108 cm³/mol. The number of ether oxygens (including phenoxy) is 2. The Morgan fingerprint density at radius 1 is 1.21 bits per heavy atom. The third kappa shape index (κ3) is 4.82. The fourth-order valence-electron chi connectivity index (χ4n) is 3.10. The Morgan fingerprint density at radius 3 is 2.59 bits per heavy atom. The van der Waals surface area contributed by atoms with E-state index in [2.05, 4.69) is 10.3 Å². The Balaban J connectivity index is 1.71. The molecule has 9 nitrogen and oxygen atoms in total. The van der Waals surface area contributed by atoms with Gasteiger partial charge in [0, 0.05) is 31.4 Å². The molecule has 1 N–H and O–H groups in total. The van der Waals surface area contributed by atoms with Crippen LogP contribution >= 0.6 is 11.6 Å². The van der Waals surface area contributed by atoms with Gasteiger partial charge < -0.3 is 19.4 Å². The van der Waals surface area contributed by atoms with E-state index in [0.717, 1.165) is 19.3 Å². The minimum atomic E-state index is -3.65. The maximum atomic E-state index is 12.7. The molecule has 1 saturated heterocycles. The van der Waals surface area contributed by atoms with Gasteiger partial charge >= 0.3 is 0 Å². The molecule has 3 rings (SSSR count). The highest BCUT2D eigenvalue weighted by Crippen LogP contribution is 2.36. The quantitative estimate of drug-likeness (QED) is 0.706. The highest BCUT2D eigenvalue weighted by atomic mass is 35.5. The SMILES string of the molecule is COc1cc(Cl)c(NC(=O)Cn2cnc(S(=O)(=O)N3CCCCC3)c2)c(OC)c1. The molecular weight excluding hydrogens is 420 g/mol. The zero-order chi connectivity index (χ0) is 21.0. The van der Waals surface area contributed by atoms with E-state index in [9.17, 15) is 13.2 Å². The lowest BCUT2D eigenvalue weighted by Crippen LogP contribution is -2.35. The number of nitrogens with one attached hydrogen (secondary N) is 1. The van der Waals surface area contributed by atoms with Crippen LogP contribution in [0.25, 0.3) is 0 Å². The minimum Gasteiger partial charge on any atom is -0.497 e. The van der Waals surface area contributed by atoms with E-state index in [1.165, 1.54) is 35.6 Å². The van der Waals surface area contributed by atoms with E-state index in [1.807, 2.05) is 0 Å². The third-order valence-corrected chi connectivity index (χ3v) is 6.69. The molecule has 0 aliphatic carbocycles. The molecule has 0 bridgehead atoms. The maximum absolute atomic E-state index is 12.7. The zero-order valence-corrected chi connectivity index (χ0v) is 17.8. The molecule has 0 spiro atoms. The number of amides is 1. The van der Waals surface area contributed by atoms with Crippen LogP contribution in [0, 0.1) is 0 Å². The number of nitrogens with zero attached hydrogens (tertiary/aromatic N) is 3. The van der Waals surface area contributed by atoms with Gasteiger partial charge in [-0.3, -0.25) is 4.79 Å². The molecule has 2 aromatic rings. The Kier molecular flexibility index (Phi) is 6.66. The summed E-state index contributed by atoms with van der Waals surface area (Å²) in [5, 5.41) is 2.88. The number of hydrogen-bond donors (Lipinski definition) is 1. The van der Waals surface area contributed by atoms with Crippen molar-refractivity contribution in [3.8, 4) is 11.5 Å². The highest BCUT2D eigenvalue weighted by molar-refractivity contribution is 7.89. The topological polar surface area (TPSA) is 103 Å². The molecule has 158 valence electrons. The summed E-state index contributed by atoms with van der Waals surface area (Å²) < 4.78 is 38.6. The number of imidazole rings is 1. The van der Waals surface area contributed by atoms with Crippen molar-refractivity contribution in [3.05, 3.63) is 29.7 Å². The number of carbonyl (C=O) groups excluding carboxylic acids is 1. The van der Waals surface area contributed by atoms with Crippen molar-refractivity contribution in [3.63, 3.8) is 0 Å². The van der Waals surface area contributed by atoms with E-state index < -0.39 is 15.9 Å². The minimum absolute atomic E-state index is 0.0627. The fraction of sp³-hybridized carbons (Fsp3) is 0.444. The second kappa shape index (κ2) is 9.02. The number of carbonyl (C=O) groups is 1. The van der Waals surface area contributed by atoms with E-state index in [-0.39, 0.29) is 16.6 Å². The molecule has 0 radical (unpaired) electrons. The zero-order valence-electron chi connectivity index (χ0n) is 16.2. The largest absolute Gasteiger partial charge is 0.497 e. The standard InChI is InChI=1S/C18H23ClN4O5S/c1-27-13-8-14(19)18(15(9-13)28-2)21-16(24)10-22-11-17(20-12-22)29(25,26)23-6-4-3-5-7-23/h8-9,11-12H,3-7,10H2,1-2H3,(H,21,24). The van der Waals surface area contributed by atoms with Gasteiger partial charge in [-0.25, -0.2) is 13.4 Å². The summed E-state index contributed by atoms with van der Waals surface area (Å²) in [6.07, 6.45) is 5.39. The number of benzene rings is 1. The number of aromatic nitrogens is 2. The first kappa shape index (κ1) is 21.4. The molecule has 1 fully saturated rings. The first-order valence-electron chi connectivity index (χ1n) is 9.08. The molecule has 1 aromatic heterocycles. The van der Waals surface area contributed by atoms with Crippen molar-refractivity contribution in [1.29, 1.82) is 0 Å². The third-order valence-electron chi connectivity index (χ3n) is 4.60. The van der Waals surface area contributed by atoms with Gasteiger partial charge in [0.2, 0.25) is 5.91 Å². The average Bonchev–Trinajstić information content (AvgIpc) is 3.19. The van der Waals surface area contributed by atoms with Crippen LogP contribution in [0.4, 0.5) is 5.69 Å². The van der Waals surface area contributed by atoms with Gasteiger partial charge in [0.05, 0.1) is 25.6 Å². The Labute approximate surface area is 174 Å². The fourth-order valence-corrected chi connectivity index (χ4v) is 4.80. The number of sulfonamides is 1. The summed E-state index contributed by atoms with van der Waals surface area (Å²) >= 11 is 6.21. The molecular formula is C18H23ClN4O5S. The lowest BCUT2D eigenvalue weighted by Gasteiger charge is -2.24. The molecule has 29 heavy (non-hydrogen) atoms. The number of halogens is 1. The summed E-state index contributed by atoms with van der Waals surface area (Å²) in [6, 6.07) is 3.15. The average molecular weight is 443 g/mol. The number of anilines is 1. The van der Waals surface area contributed by atoms with Crippen LogP contribution < -0.4 is 14.8 Å². The molecule has 1 aliphatic heterocycles. The number of piperidine rings is 1. The summed E-state index contributed by atoms with van der Waals surface area (Å²) in [4.78, 5) is 16.4. The predicted octanol–water partition coefficient (Wildman–Crippen LogP) is 2.37. The van der Waals surface area contributed by atoms with Crippen LogP contribution in [0.15, 0.2) is 29.7 Å². The second-order valence-corrected chi connectivity index (χ2v) is 8.88. The van der Waals surface area contributed by atoms with E-state index in [0.29, 0.717) is 30.3 Å². The molecule has 1 amide bonds. The smallest absolute Gasteiger partial charge is 0.262 e. The molecule has 0 atom stereocenters. The van der Waals surface area contributed by atoms with Crippen LogP contribution in [0.2, 0.25) is 5.02 Å². The lowest BCUT2D eigenvalue weighted by atomic mass is 10.2. The van der Waals surface area contributed by atoms with E-state index >= 15 is 0 Å². The summed E-state index contributed by atoms with van der Waals surface area (Å²) in [5.74, 6) is 0.434. The van der Waals surface area contributed by atoms with Crippen molar-refractivity contribution in [1.82, 2.24) is 13.9 Å². The van der Waals surface area contributed by atoms with Gasteiger partial charge in [0.15, 0.2) is 5.03 Å². The van der Waals surface area contributed by atoms with Gasteiger partial charge in [0.25, 0.3) is 10.0 Å². The molecule has 0 unspecified atom stereocenters. The second-order valence-electron chi connectivity index (χ2n) is 6.58. The monoisotopic (exact) mass is 442 g/mol. The molecule has 11 heteroatoms.